The Morgan fingerprint density at radius 2 is 2.14 bits per heavy atom. The molecule has 1 atom stereocenters. The van der Waals surface area contributed by atoms with E-state index in [0.717, 1.165) is 0 Å². The molecule has 0 aromatic carbocycles. The number of hydrogen-bond acceptors (Lipinski definition) is 4. The molecule has 0 saturated carbocycles. The zero-order valence-electron chi connectivity index (χ0n) is 11.2. The second-order valence-corrected chi connectivity index (χ2v) is 4.49. The molecule has 0 spiro atoms. The van der Waals surface area contributed by atoms with Crippen molar-refractivity contribution in [3.63, 3.8) is 0 Å². The Balaban J connectivity index is 1.92. The molecule has 2 aromatic heterocycles. The Kier molecular flexibility index (Phi) is 4.41. The minimum atomic E-state index is -4.34. The van der Waals surface area contributed by atoms with Crippen LogP contribution in [0.5, 0.6) is 0 Å². The molecule has 0 fully saturated rings. The molecule has 114 valence electrons. The van der Waals surface area contributed by atoms with Gasteiger partial charge in [-0.3, -0.25) is 9.20 Å². The molecule has 0 bridgehead atoms. The Labute approximate surface area is 118 Å². The third-order valence-corrected chi connectivity index (χ3v) is 2.72. The summed E-state index contributed by atoms with van der Waals surface area (Å²) in [5.41, 5.74) is 0.629. The van der Waals surface area contributed by atoms with Gasteiger partial charge in [0.25, 0.3) is 0 Å². The molecule has 2 aromatic rings. The number of aromatic nitrogens is 3. The van der Waals surface area contributed by atoms with Crippen LogP contribution in [0.2, 0.25) is 0 Å². The van der Waals surface area contributed by atoms with E-state index in [9.17, 15) is 18.0 Å². The molecule has 6 nitrogen and oxygen atoms in total. The van der Waals surface area contributed by atoms with Crippen LogP contribution in [0.3, 0.4) is 0 Å². The zero-order valence-corrected chi connectivity index (χ0v) is 11.2. The molecule has 0 aliphatic heterocycles. The minimum absolute atomic E-state index is 0.416. The van der Waals surface area contributed by atoms with Crippen LogP contribution in [-0.4, -0.2) is 39.8 Å². The summed E-state index contributed by atoms with van der Waals surface area (Å²) in [6, 6.07) is 4.88. The van der Waals surface area contributed by atoms with Crippen LogP contribution in [0, 0.1) is 0 Å². The largest absolute Gasteiger partial charge is 0.401 e. The first-order chi connectivity index (χ1) is 9.87. The molecule has 1 amide bonds. The SMILES string of the molecule is CC(NC(=O)CNCC(F)(F)F)c1nnc2ccccn12. The van der Waals surface area contributed by atoms with E-state index in [1.54, 1.807) is 35.7 Å². The van der Waals surface area contributed by atoms with Crippen LogP contribution in [0.15, 0.2) is 24.4 Å². The van der Waals surface area contributed by atoms with Crippen LogP contribution in [0.4, 0.5) is 13.2 Å². The quantitative estimate of drug-likeness (QED) is 0.866. The number of amides is 1. The van der Waals surface area contributed by atoms with E-state index in [4.69, 9.17) is 0 Å². The average Bonchev–Trinajstić information content (AvgIpc) is 2.80. The second-order valence-electron chi connectivity index (χ2n) is 4.49. The van der Waals surface area contributed by atoms with Crippen molar-refractivity contribution in [1.82, 2.24) is 25.2 Å². The van der Waals surface area contributed by atoms with Crippen molar-refractivity contribution in [1.29, 1.82) is 0 Å². The molecule has 0 aliphatic rings. The maximum atomic E-state index is 12.0. The molecular formula is C12H14F3N5O. The molecule has 21 heavy (non-hydrogen) atoms. The monoisotopic (exact) mass is 301 g/mol. The van der Waals surface area contributed by atoms with E-state index < -0.39 is 31.2 Å². The number of fused-ring (bicyclic) bond motifs is 1. The summed E-state index contributed by atoms with van der Waals surface area (Å²) in [6.45, 7) is 0.0639. The van der Waals surface area contributed by atoms with Gasteiger partial charge in [-0.2, -0.15) is 13.2 Å². The summed E-state index contributed by atoms with van der Waals surface area (Å²) in [5, 5.41) is 12.5. The highest BCUT2D eigenvalue weighted by atomic mass is 19.4. The molecular weight excluding hydrogens is 287 g/mol. The number of nitrogens with one attached hydrogen (secondary N) is 2. The average molecular weight is 301 g/mol. The molecule has 0 aliphatic carbocycles. The number of pyridine rings is 1. The fourth-order valence-corrected chi connectivity index (χ4v) is 1.83. The number of carbonyl (C=O) groups is 1. The number of hydrogen-bond donors (Lipinski definition) is 2. The Morgan fingerprint density at radius 3 is 2.86 bits per heavy atom. The number of carbonyl (C=O) groups excluding carboxylic acids is 1. The van der Waals surface area contributed by atoms with Crippen molar-refractivity contribution in [2.75, 3.05) is 13.1 Å². The minimum Gasteiger partial charge on any atom is -0.345 e. The lowest BCUT2D eigenvalue weighted by molar-refractivity contribution is -0.128. The van der Waals surface area contributed by atoms with E-state index in [1.807, 2.05) is 5.32 Å². The predicted octanol–water partition coefficient (Wildman–Crippen LogP) is 1.06. The Hall–Kier alpha value is -2.16. The van der Waals surface area contributed by atoms with Gasteiger partial charge >= 0.3 is 6.18 Å². The van der Waals surface area contributed by atoms with Gasteiger partial charge < -0.3 is 10.6 Å². The van der Waals surface area contributed by atoms with Crippen LogP contribution in [0.25, 0.3) is 5.65 Å². The fourth-order valence-electron chi connectivity index (χ4n) is 1.83. The first kappa shape index (κ1) is 15.2. The van der Waals surface area contributed by atoms with Gasteiger partial charge in [0.1, 0.15) is 0 Å². The van der Waals surface area contributed by atoms with Gasteiger partial charge in [0, 0.05) is 6.20 Å². The zero-order chi connectivity index (χ0) is 15.5. The van der Waals surface area contributed by atoms with E-state index in [0.29, 0.717) is 11.5 Å². The number of rotatable bonds is 5. The molecule has 0 saturated heterocycles. The van der Waals surface area contributed by atoms with Crippen molar-refractivity contribution in [3.8, 4) is 0 Å². The normalized spacial score (nSPS) is 13.3. The topological polar surface area (TPSA) is 71.3 Å². The van der Waals surface area contributed by atoms with Crippen molar-refractivity contribution in [2.45, 2.75) is 19.1 Å². The van der Waals surface area contributed by atoms with Crippen LogP contribution < -0.4 is 10.6 Å². The smallest absolute Gasteiger partial charge is 0.345 e. The summed E-state index contributed by atoms with van der Waals surface area (Å²) in [7, 11) is 0. The number of halogens is 3. The summed E-state index contributed by atoms with van der Waals surface area (Å²) >= 11 is 0. The van der Waals surface area contributed by atoms with Gasteiger partial charge in [-0.25, -0.2) is 0 Å². The summed E-state index contributed by atoms with van der Waals surface area (Å²) in [4.78, 5) is 11.6. The lowest BCUT2D eigenvalue weighted by Crippen LogP contribution is -2.39. The lowest BCUT2D eigenvalue weighted by atomic mass is 10.3. The highest BCUT2D eigenvalue weighted by Crippen LogP contribution is 2.12. The molecule has 1 unspecified atom stereocenters. The van der Waals surface area contributed by atoms with Crippen molar-refractivity contribution in [3.05, 3.63) is 30.2 Å². The van der Waals surface area contributed by atoms with Crippen molar-refractivity contribution < 1.29 is 18.0 Å². The maximum Gasteiger partial charge on any atom is 0.401 e. The van der Waals surface area contributed by atoms with Gasteiger partial charge in [-0.1, -0.05) is 6.07 Å². The number of nitrogens with zero attached hydrogens (tertiary/aromatic N) is 3. The predicted molar refractivity (Wildman–Crippen MR) is 68.5 cm³/mol. The van der Waals surface area contributed by atoms with Gasteiger partial charge in [-0.15, -0.1) is 10.2 Å². The summed E-state index contributed by atoms with van der Waals surface area (Å²) in [6.07, 6.45) is -2.59. The van der Waals surface area contributed by atoms with E-state index >= 15 is 0 Å². The summed E-state index contributed by atoms with van der Waals surface area (Å²) < 4.78 is 37.6. The third kappa shape index (κ3) is 4.15. The Bertz CT molecular complexity index is 625. The van der Waals surface area contributed by atoms with Crippen LogP contribution in [0.1, 0.15) is 18.8 Å². The van der Waals surface area contributed by atoms with E-state index in [-0.39, 0.29) is 0 Å². The van der Waals surface area contributed by atoms with Crippen molar-refractivity contribution in [2.24, 2.45) is 0 Å². The molecule has 0 radical (unpaired) electrons. The highest BCUT2D eigenvalue weighted by Gasteiger charge is 2.26. The lowest BCUT2D eigenvalue weighted by Gasteiger charge is -2.13. The van der Waals surface area contributed by atoms with Crippen LogP contribution >= 0.6 is 0 Å². The van der Waals surface area contributed by atoms with E-state index in [1.165, 1.54) is 0 Å². The highest BCUT2D eigenvalue weighted by molar-refractivity contribution is 5.78. The van der Waals surface area contributed by atoms with E-state index in [2.05, 4.69) is 15.5 Å². The van der Waals surface area contributed by atoms with Crippen LogP contribution in [-0.2, 0) is 4.79 Å². The molecule has 2 N–H and O–H groups in total. The first-order valence-electron chi connectivity index (χ1n) is 6.23. The fraction of sp³-hybridized carbons (Fsp3) is 0.417. The maximum absolute atomic E-state index is 12.0. The number of alkyl halides is 3. The molecule has 2 heterocycles. The second kappa shape index (κ2) is 6.08. The van der Waals surface area contributed by atoms with Gasteiger partial charge in [0.05, 0.1) is 19.1 Å². The third-order valence-electron chi connectivity index (χ3n) is 2.72. The van der Waals surface area contributed by atoms with Crippen molar-refractivity contribution >= 4 is 11.6 Å². The van der Waals surface area contributed by atoms with Gasteiger partial charge in [0.2, 0.25) is 5.91 Å². The Morgan fingerprint density at radius 1 is 1.38 bits per heavy atom. The standard InChI is InChI=1S/C12H14F3N5O/c1-8(17-10(21)6-16-7-12(13,14)15)11-19-18-9-4-2-3-5-20(9)11/h2-5,8,16H,6-7H2,1H3,(H,17,21). The molecule has 2 rings (SSSR count). The van der Waals surface area contributed by atoms with Gasteiger partial charge in [-0.05, 0) is 19.1 Å². The molecule has 9 heteroatoms. The summed E-state index contributed by atoms with van der Waals surface area (Å²) in [5.74, 6) is -0.0331. The van der Waals surface area contributed by atoms with Gasteiger partial charge in [0.15, 0.2) is 11.5 Å². The first-order valence-corrected chi connectivity index (χ1v) is 6.23.